The average molecular weight is 518 g/mol. The molecule has 0 radical (unpaired) electrons. The molecule has 2 aromatic rings. The quantitative estimate of drug-likeness (QED) is 0.161. The van der Waals surface area contributed by atoms with Gasteiger partial charge in [-0.2, -0.15) is 23.3 Å². The minimum Gasteiger partial charge on any atom is -0.438 e. The number of hydrazone groups is 1. The number of nitrogens with zero attached hydrogens (tertiary/aromatic N) is 4. The van der Waals surface area contributed by atoms with Crippen LogP contribution in [0.15, 0.2) is 34.0 Å². The molecule has 3 rings (SSSR count). The van der Waals surface area contributed by atoms with E-state index in [1.54, 1.807) is 11.9 Å². The van der Waals surface area contributed by atoms with E-state index in [4.69, 9.17) is 16.3 Å². The largest absolute Gasteiger partial charge is 0.438 e. The number of aliphatic hydroxyl groups excluding tert-OH is 2. The van der Waals surface area contributed by atoms with Crippen molar-refractivity contribution < 1.29 is 37.3 Å². The summed E-state index contributed by atoms with van der Waals surface area (Å²) in [7, 11) is 1.54. The fourth-order valence-corrected chi connectivity index (χ4v) is 3.50. The normalized spacial score (nSPS) is 15.5. The number of carbonyl (C=O) groups is 1. The van der Waals surface area contributed by atoms with E-state index in [-0.39, 0.29) is 47.6 Å². The van der Waals surface area contributed by atoms with Gasteiger partial charge in [-0.15, -0.1) is 0 Å². The molecule has 1 aliphatic heterocycles. The van der Waals surface area contributed by atoms with Crippen molar-refractivity contribution >= 4 is 24.1 Å². The monoisotopic (exact) mass is 517 g/mol. The third-order valence-electron chi connectivity index (χ3n) is 4.97. The second-order valence-corrected chi connectivity index (χ2v) is 7.66. The molecule has 1 aromatic heterocycles. The fraction of sp³-hybridized carbons (Fsp3) is 0.333. The third kappa shape index (κ3) is 6.05. The predicted molar refractivity (Wildman–Crippen MR) is 116 cm³/mol. The molecule has 0 bridgehead atoms. The van der Waals surface area contributed by atoms with Crippen LogP contribution in [0.4, 0.5) is 17.6 Å². The van der Waals surface area contributed by atoms with Crippen molar-refractivity contribution in [1.82, 2.24) is 20.3 Å². The maximum absolute atomic E-state index is 13.5. The van der Waals surface area contributed by atoms with Gasteiger partial charge in [0.1, 0.15) is 28.3 Å². The van der Waals surface area contributed by atoms with Gasteiger partial charge in [0.2, 0.25) is 5.88 Å². The highest BCUT2D eigenvalue weighted by atomic mass is 35.5. The maximum Gasteiger partial charge on any atom is 0.420 e. The summed E-state index contributed by atoms with van der Waals surface area (Å²) in [6, 6.07) is 1.93. The lowest BCUT2D eigenvalue weighted by Gasteiger charge is -2.31. The van der Waals surface area contributed by atoms with E-state index in [1.807, 2.05) is 0 Å². The Morgan fingerprint density at radius 1 is 1.40 bits per heavy atom. The predicted octanol–water partition coefficient (Wildman–Crippen LogP) is 2.67. The summed E-state index contributed by atoms with van der Waals surface area (Å²) in [6.07, 6.45) is -4.56. The first-order valence-electron chi connectivity index (χ1n) is 10.1. The molecule has 0 spiro atoms. The molecule has 0 saturated carbocycles. The van der Waals surface area contributed by atoms with Crippen LogP contribution in [-0.2, 0) is 23.9 Å². The van der Waals surface area contributed by atoms with Gasteiger partial charge in [-0.3, -0.25) is 4.79 Å². The summed E-state index contributed by atoms with van der Waals surface area (Å²) in [5.74, 6) is -2.38. The molecule has 1 atom stereocenters. The van der Waals surface area contributed by atoms with Crippen LogP contribution in [0.1, 0.15) is 28.7 Å². The molecule has 9 nitrogen and oxygen atoms in total. The number of halogens is 5. The van der Waals surface area contributed by atoms with Gasteiger partial charge in [0.05, 0.1) is 30.8 Å². The lowest BCUT2D eigenvalue weighted by atomic mass is 10.0. The molecule has 1 aromatic carbocycles. The molecule has 0 saturated heterocycles. The van der Waals surface area contributed by atoms with E-state index in [9.17, 15) is 32.6 Å². The Hall–Kier alpha value is -3.29. The minimum atomic E-state index is -4.91. The first-order chi connectivity index (χ1) is 16.6. The number of carbonyl (C=O) groups excluding carboxylic acids is 1. The van der Waals surface area contributed by atoms with Gasteiger partial charge in [0, 0.05) is 19.2 Å². The highest BCUT2D eigenvalue weighted by molar-refractivity contribution is 6.40. The van der Waals surface area contributed by atoms with Crippen LogP contribution in [0.3, 0.4) is 0 Å². The zero-order chi connectivity index (χ0) is 25.8. The molecule has 3 N–H and O–H groups in total. The molecule has 0 fully saturated rings. The van der Waals surface area contributed by atoms with Gasteiger partial charge in [-0.25, -0.2) is 9.37 Å². The molecule has 0 amide bonds. The lowest BCUT2D eigenvalue weighted by Crippen LogP contribution is -2.33. The first-order valence-corrected chi connectivity index (χ1v) is 10.5. The Labute approximate surface area is 201 Å². The van der Waals surface area contributed by atoms with Crippen molar-refractivity contribution in [2.45, 2.75) is 25.2 Å². The number of ether oxygens (including phenoxy) is 1. The Morgan fingerprint density at radius 3 is 2.77 bits per heavy atom. The second-order valence-electron chi connectivity index (χ2n) is 7.26. The number of allylic oxidation sites excluding steroid dienone is 2. The topological polar surface area (TPSA) is 120 Å². The van der Waals surface area contributed by atoms with Crippen LogP contribution in [-0.4, -0.2) is 57.8 Å². The lowest BCUT2D eigenvalue weighted by molar-refractivity contribution is -0.138. The van der Waals surface area contributed by atoms with Crippen molar-refractivity contribution in [2.24, 2.45) is 5.10 Å². The Bertz CT molecular complexity index is 1160. The number of benzene rings is 1. The standard InChI is InChI=1S/C21H20ClF4N5O4/c1-27-28-7-16(14(22)9-32)31-5-4-12-15(8-31)29-19(17(34)10-33)30-20(12)35-18-3-2-11(23)6-13(18)21(24,25)26/h2-3,6-7,9,17,27,33-34H,4-5,8,10H2,1H3/b16-14-,28-7-. The van der Waals surface area contributed by atoms with Crippen molar-refractivity contribution in [2.75, 3.05) is 20.2 Å². The Kier molecular flexibility index (Phi) is 8.25. The number of nitrogens with one attached hydrogen (secondary N) is 1. The maximum atomic E-state index is 13.5. The Morgan fingerprint density at radius 2 is 2.14 bits per heavy atom. The van der Waals surface area contributed by atoms with Gasteiger partial charge >= 0.3 is 6.18 Å². The zero-order valence-electron chi connectivity index (χ0n) is 18.2. The highest BCUT2D eigenvalue weighted by Gasteiger charge is 2.36. The summed E-state index contributed by atoms with van der Waals surface area (Å²) in [4.78, 5) is 21.1. The van der Waals surface area contributed by atoms with Gasteiger partial charge in [0.25, 0.3) is 0 Å². The van der Waals surface area contributed by atoms with Crippen LogP contribution in [0.5, 0.6) is 11.6 Å². The molecule has 1 aliphatic rings. The van der Waals surface area contributed by atoms with Gasteiger partial charge in [-0.05, 0) is 24.6 Å². The third-order valence-corrected chi connectivity index (χ3v) is 5.26. The number of fused-ring (bicyclic) bond motifs is 1. The first kappa shape index (κ1) is 26.3. The molecule has 188 valence electrons. The second kappa shape index (κ2) is 11.0. The summed E-state index contributed by atoms with van der Waals surface area (Å²) >= 11 is 6.03. The van der Waals surface area contributed by atoms with E-state index in [0.29, 0.717) is 17.9 Å². The number of hydrogen-bond donors (Lipinski definition) is 3. The number of aldehydes is 1. The molecule has 14 heteroatoms. The smallest absolute Gasteiger partial charge is 0.420 e. The summed E-state index contributed by atoms with van der Waals surface area (Å²) in [5, 5.41) is 23.1. The summed E-state index contributed by atoms with van der Waals surface area (Å²) < 4.78 is 59.4. The summed E-state index contributed by atoms with van der Waals surface area (Å²) in [6.45, 7) is -0.521. The van der Waals surface area contributed by atoms with E-state index in [1.165, 1.54) is 6.21 Å². The van der Waals surface area contributed by atoms with Crippen LogP contribution in [0.25, 0.3) is 0 Å². The van der Waals surface area contributed by atoms with E-state index in [2.05, 4.69) is 20.5 Å². The van der Waals surface area contributed by atoms with Gasteiger partial charge in [-0.1, -0.05) is 11.6 Å². The number of aromatic nitrogens is 2. The molecule has 1 unspecified atom stereocenters. The number of hydrogen-bond acceptors (Lipinski definition) is 9. The molecule has 0 aliphatic carbocycles. The van der Waals surface area contributed by atoms with Crippen molar-refractivity contribution in [3.63, 3.8) is 0 Å². The van der Waals surface area contributed by atoms with Crippen LogP contribution in [0, 0.1) is 5.82 Å². The van der Waals surface area contributed by atoms with Crippen molar-refractivity contribution in [1.29, 1.82) is 0 Å². The number of rotatable bonds is 8. The summed E-state index contributed by atoms with van der Waals surface area (Å²) in [5.41, 5.74) is 2.03. The van der Waals surface area contributed by atoms with E-state index in [0.717, 1.165) is 12.1 Å². The van der Waals surface area contributed by atoms with Crippen LogP contribution >= 0.6 is 11.6 Å². The molecular weight excluding hydrogens is 498 g/mol. The molecular formula is C21H20ClF4N5O4. The minimum absolute atomic E-state index is 0.00400. The fourth-order valence-electron chi connectivity index (χ4n) is 3.33. The number of alkyl halides is 3. The SMILES string of the molecule is CN/N=C\C(=C(\Cl)C=O)N1CCc2c(nc(C(O)CO)nc2Oc2ccc(F)cc2C(F)(F)F)C1. The zero-order valence-corrected chi connectivity index (χ0v) is 18.9. The average Bonchev–Trinajstić information content (AvgIpc) is 2.83. The van der Waals surface area contributed by atoms with Crippen LogP contribution in [0.2, 0.25) is 0 Å². The van der Waals surface area contributed by atoms with E-state index >= 15 is 0 Å². The van der Waals surface area contributed by atoms with Crippen LogP contribution < -0.4 is 10.2 Å². The molecule has 35 heavy (non-hydrogen) atoms. The van der Waals surface area contributed by atoms with Gasteiger partial charge in [0.15, 0.2) is 12.1 Å². The van der Waals surface area contributed by atoms with E-state index < -0.39 is 36.0 Å². The molecule has 2 heterocycles. The van der Waals surface area contributed by atoms with Crippen molar-refractivity contribution in [3.8, 4) is 11.6 Å². The van der Waals surface area contributed by atoms with Gasteiger partial charge < -0.3 is 25.3 Å². The van der Waals surface area contributed by atoms with Crippen molar-refractivity contribution in [3.05, 3.63) is 57.4 Å². The number of aliphatic hydroxyl groups is 2. The highest BCUT2D eigenvalue weighted by Crippen LogP contribution is 2.40. The Balaban J connectivity index is 2.08.